The number of hydrogen-bond acceptors (Lipinski definition) is 4. The molecule has 0 aliphatic carbocycles. The Balaban J connectivity index is 3.18. The third-order valence-electron chi connectivity index (χ3n) is 2.48. The predicted molar refractivity (Wildman–Crippen MR) is 66.6 cm³/mol. The fourth-order valence-corrected chi connectivity index (χ4v) is 2.87. The zero-order chi connectivity index (χ0) is 12.4. The fourth-order valence-electron chi connectivity index (χ4n) is 1.16. The lowest BCUT2D eigenvalue weighted by Crippen LogP contribution is -2.35. The zero-order valence-electron chi connectivity index (χ0n) is 9.60. The third-order valence-corrected chi connectivity index (χ3v) is 5.70. The van der Waals surface area contributed by atoms with E-state index in [2.05, 4.69) is 0 Å². The molecule has 90 valence electrons. The van der Waals surface area contributed by atoms with E-state index in [0.717, 1.165) is 4.90 Å². The summed E-state index contributed by atoms with van der Waals surface area (Å²) in [7, 11) is -3.47. The van der Waals surface area contributed by atoms with Crippen LogP contribution in [0.4, 0.5) is 0 Å². The highest BCUT2D eigenvalue weighted by Gasteiger charge is 2.34. The lowest BCUT2D eigenvalue weighted by molar-refractivity contribution is 0.258. The zero-order valence-corrected chi connectivity index (χ0v) is 11.2. The molecule has 0 fully saturated rings. The van der Waals surface area contributed by atoms with Crippen molar-refractivity contribution in [1.29, 1.82) is 0 Å². The second-order valence-electron chi connectivity index (χ2n) is 4.10. The van der Waals surface area contributed by atoms with E-state index in [0.29, 0.717) is 0 Å². The molecular formula is C11H16O3S2. The summed E-state index contributed by atoms with van der Waals surface area (Å²) in [5.74, 6) is 0. The van der Waals surface area contributed by atoms with Crippen LogP contribution >= 0.6 is 11.8 Å². The van der Waals surface area contributed by atoms with Gasteiger partial charge in [0.2, 0.25) is 0 Å². The maximum atomic E-state index is 12.1. The SMILES string of the molecule is CSc1ccc(S(=O)(=O)C(C)(C)CO)cc1. The standard InChI is InChI=1S/C11H16O3S2/c1-11(2,8-12)16(13,14)10-6-4-9(15-3)5-7-10/h4-7,12H,8H2,1-3H3. The van der Waals surface area contributed by atoms with Gasteiger partial charge in [-0.25, -0.2) is 8.42 Å². The summed E-state index contributed by atoms with van der Waals surface area (Å²) in [4.78, 5) is 1.27. The molecule has 1 N–H and O–H groups in total. The smallest absolute Gasteiger partial charge is 0.185 e. The molecule has 0 atom stereocenters. The second kappa shape index (κ2) is 4.77. The first-order chi connectivity index (χ1) is 7.35. The Labute approximate surface area is 101 Å². The molecule has 0 bridgehead atoms. The Morgan fingerprint density at radius 2 is 1.75 bits per heavy atom. The Morgan fingerprint density at radius 3 is 2.12 bits per heavy atom. The van der Waals surface area contributed by atoms with Gasteiger partial charge in [-0.05, 0) is 44.4 Å². The Bertz CT molecular complexity index is 447. The van der Waals surface area contributed by atoms with E-state index >= 15 is 0 Å². The molecule has 0 aliphatic heterocycles. The summed E-state index contributed by atoms with van der Waals surface area (Å²) in [6.45, 7) is 2.65. The molecule has 16 heavy (non-hydrogen) atoms. The summed E-state index contributed by atoms with van der Waals surface area (Å²) >= 11 is 1.56. The quantitative estimate of drug-likeness (QED) is 0.841. The third kappa shape index (κ3) is 2.42. The van der Waals surface area contributed by atoms with Crippen LogP contribution < -0.4 is 0 Å². The number of sulfone groups is 1. The summed E-state index contributed by atoms with van der Waals surface area (Å²) in [6.07, 6.45) is 1.93. The minimum Gasteiger partial charge on any atom is -0.395 e. The van der Waals surface area contributed by atoms with E-state index < -0.39 is 14.6 Å². The van der Waals surface area contributed by atoms with Crippen LogP contribution in [-0.4, -0.2) is 31.1 Å². The molecule has 0 unspecified atom stereocenters. The van der Waals surface area contributed by atoms with Crippen molar-refractivity contribution in [1.82, 2.24) is 0 Å². The van der Waals surface area contributed by atoms with Gasteiger partial charge in [0, 0.05) is 4.90 Å². The van der Waals surface area contributed by atoms with Gasteiger partial charge < -0.3 is 5.11 Å². The summed E-state index contributed by atoms with van der Waals surface area (Å²) in [6, 6.07) is 6.70. The van der Waals surface area contributed by atoms with Gasteiger partial charge in [-0.2, -0.15) is 0 Å². The first kappa shape index (κ1) is 13.5. The fraction of sp³-hybridized carbons (Fsp3) is 0.455. The van der Waals surface area contributed by atoms with Crippen LogP contribution in [0.3, 0.4) is 0 Å². The van der Waals surface area contributed by atoms with Crippen LogP contribution in [0.2, 0.25) is 0 Å². The van der Waals surface area contributed by atoms with E-state index in [9.17, 15) is 8.42 Å². The normalized spacial score (nSPS) is 12.8. The van der Waals surface area contributed by atoms with E-state index in [1.54, 1.807) is 36.0 Å². The topological polar surface area (TPSA) is 54.4 Å². The van der Waals surface area contributed by atoms with Crippen LogP contribution in [0.15, 0.2) is 34.1 Å². The van der Waals surface area contributed by atoms with E-state index in [-0.39, 0.29) is 11.5 Å². The molecule has 0 spiro atoms. The number of rotatable bonds is 4. The van der Waals surface area contributed by atoms with Gasteiger partial charge >= 0.3 is 0 Å². The maximum absolute atomic E-state index is 12.1. The van der Waals surface area contributed by atoms with Crippen molar-refractivity contribution in [3.8, 4) is 0 Å². The lowest BCUT2D eigenvalue weighted by atomic mass is 10.2. The molecular weight excluding hydrogens is 244 g/mol. The van der Waals surface area contributed by atoms with Crippen LogP contribution in [0, 0.1) is 0 Å². The van der Waals surface area contributed by atoms with Gasteiger partial charge in [0.1, 0.15) is 0 Å². The van der Waals surface area contributed by atoms with Gasteiger partial charge in [-0.1, -0.05) is 0 Å². The van der Waals surface area contributed by atoms with Gasteiger partial charge in [0.25, 0.3) is 0 Å². The molecule has 1 rings (SSSR count). The number of thioether (sulfide) groups is 1. The van der Waals surface area contributed by atoms with Crippen LogP contribution in [0.25, 0.3) is 0 Å². The molecule has 0 aromatic heterocycles. The molecule has 0 amide bonds. The van der Waals surface area contributed by atoms with Gasteiger partial charge in [0.15, 0.2) is 9.84 Å². The highest BCUT2D eigenvalue weighted by atomic mass is 32.2. The molecule has 5 heteroatoms. The van der Waals surface area contributed by atoms with Gasteiger partial charge in [-0.3, -0.25) is 0 Å². The first-order valence-corrected chi connectivity index (χ1v) is 7.55. The van der Waals surface area contributed by atoms with Crippen molar-refractivity contribution in [2.45, 2.75) is 28.4 Å². The molecule has 0 heterocycles. The highest BCUT2D eigenvalue weighted by Crippen LogP contribution is 2.26. The Kier molecular flexibility index (Phi) is 4.04. The van der Waals surface area contributed by atoms with Crippen molar-refractivity contribution in [2.24, 2.45) is 0 Å². The number of hydrogen-bond donors (Lipinski definition) is 1. The van der Waals surface area contributed by atoms with E-state index in [4.69, 9.17) is 5.11 Å². The lowest BCUT2D eigenvalue weighted by Gasteiger charge is -2.22. The number of aliphatic hydroxyl groups is 1. The molecule has 1 aromatic rings. The van der Waals surface area contributed by atoms with Gasteiger partial charge in [-0.15, -0.1) is 11.8 Å². The van der Waals surface area contributed by atoms with Crippen LogP contribution in [-0.2, 0) is 9.84 Å². The molecule has 0 saturated heterocycles. The van der Waals surface area contributed by atoms with Crippen molar-refractivity contribution in [2.75, 3.05) is 12.9 Å². The molecule has 0 radical (unpaired) electrons. The van der Waals surface area contributed by atoms with Crippen molar-refractivity contribution < 1.29 is 13.5 Å². The Hall–Kier alpha value is -0.520. The van der Waals surface area contributed by atoms with Crippen molar-refractivity contribution >= 4 is 21.6 Å². The van der Waals surface area contributed by atoms with Crippen LogP contribution in [0.5, 0.6) is 0 Å². The maximum Gasteiger partial charge on any atom is 0.185 e. The summed E-state index contributed by atoms with van der Waals surface area (Å²) in [5.41, 5.74) is 0. The van der Waals surface area contributed by atoms with Crippen molar-refractivity contribution in [3.63, 3.8) is 0 Å². The summed E-state index contributed by atoms with van der Waals surface area (Å²) < 4.78 is 23.1. The minimum atomic E-state index is -3.47. The average molecular weight is 260 g/mol. The van der Waals surface area contributed by atoms with E-state index in [1.165, 1.54) is 13.8 Å². The molecule has 3 nitrogen and oxygen atoms in total. The highest BCUT2D eigenvalue weighted by molar-refractivity contribution is 7.98. The number of aliphatic hydroxyl groups excluding tert-OH is 1. The first-order valence-electron chi connectivity index (χ1n) is 4.85. The largest absolute Gasteiger partial charge is 0.395 e. The Morgan fingerprint density at radius 1 is 1.25 bits per heavy atom. The van der Waals surface area contributed by atoms with Crippen LogP contribution in [0.1, 0.15) is 13.8 Å². The second-order valence-corrected chi connectivity index (χ2v) is 7.56. The average Bonchev–Trinajstić information content (AvgIpc) is 2.29. The molecule has 0 aliphatic rings. The number of benzene rings is 1. The minimum absolute atomic E-state index is 0.254. The predicted octanol–water partition coefficient (Wildman–Crippen LogP) is 1.95. The monoisotopic (exact) mass is 260 g/mol. The molecule has 0 saturated carbocycles. The molecule has 1 aromatic carbocycles. The van der Waals surface area contributed by atoms with Crippen molar-refractivity contribution in [3.05, 3.63) is 24.3 Å². The summed E-state index contributed by atoms with van der Waals surface area (Å²) in [5, 5.41) is 9.11. The van der Waals surface area contributed by atoms with Gasteiger partial charge in [0.05, 0.1) is 16.2 Å². The van der Waals surface area contributed by atoms with E-state index in [1.807, 2.05) is 6.26 Å².